The van der Waals surface area contributed by atoms with Crippen LogP contribution in [0.2, 0.25) is 5.02 Å². The molecule has 0 atom stereocenters. The first-order valence-corrected chi connectivity index (χ1v) is 8.31. The van der Waals surface area contributed by atoms with Crippen LogP contribution in [0.5, 0.6) is 5.75 Å². The maximum Gasteiger partial charge on any atom is 0.267 e. The van der Waals surface area contributed by atoms with Crippen molar-refractivity contribution < 1.29 is 13.9 Å². The van der Waals surface area contributed by atoms with Crippen molar-refractivity contribution in [2.45, 2.75) is 6.54 Å². The molecule has 1 amide bonds. The smallest absolute Gasteiger partial charge is 0.267 e. The summed E-state index contributed by atoms with van der Waals surface area (Å²) < 4.78 is 19.3. The molecular formula is C19H15ClFN3O3. The monoisotopic (exact) mass is 387 g/mol. The largest absolute Gasteiger partial charge is 0.497 e. The van der Waals surface area contributed by atoms with Crippen molar-refractivity contribution in [3.63, 3.8) is 0 Å². The number of methoxy groups -OCH3 is 1. The van der Waals surface area contributed by atoms with Gasteiger partial charge in [0.05, 0.1) is 17.8 Å². The number of halogens is 2. The van der Waals surface area contributed by atoms with E-state index in [1.807, 2.05) is 0 Å². The normalized spacial score (nSPS) is 10.5. The number of benzene rings is 2. The fourth-order valence-electron chi connectivity index (χ4n) is 2.39. The molecule has 0 aliphatic heterocycles. The average Bonchev–Trinajstić information content (AvgIpc) is 2.66. The molecule has 0 saturated heterocycles. The molecule has 8 heteroatoms. The predicted molar refractivity (Wildman–Crippen MR) is 101 cm³/mol. The summed E-state index contributed by atoms with van der Waals surface area (Å²) in [6, 6.07) is 13.9. The van der Waals surface area contributed by atoms with Crippen molar-refractivity contribution in [2.24, 2.45) is 0 Å². The van der Waals surface area contributed by atoms with E-state index < -0.39 is 17.3 Å². The van der Waals surface area contributed by atoms with Crippen LogP contribution >= 0.6 is 11.6 Å². The molecule has 1 heterocycles. The first kappa shape index (κ1) is 18.6. The molecule has 3 rings (SSSR count). The molecule has 0 bridgehead atoms. The van der Waals surface area contributed by atoms with Gasteiger partial charge in [-0.15, -0.1) is 0 Å². The van der Waals surface area contributed by atoms with E-state index in [2.05, 4.69) is 10.4 Å². The van der Waals surface area contributed by atoms with Crippen LogP contribution in [0.15, 0.2) is 59.4 Å². The second-order valence-corrected chi connectivity index (χ2v) is 6.03. The van der Waals surface area contributed by atoms with Crippen molar-refractivity contribution in [2.75, 3.05) is 12.4 Å². The van der Waals surface area contributed by atoms with Crippen LogP contribution in [0.4, 0.5) is 10.1 Å². The zero-order valence-corrected chi connectivity index (χ0v) is 15.0. The van der Waals surface area contributed by atoms with Crippen molar-refractivity contribution in [1.29, 1.82) is 0 Å². The lowest BCUT2D eigenvalue weighted by molar-refractivity contribution is -0.117. The van der Waals surface area contributed by atoms with Gasteiger partial charge in [0.2, 0.25) is 5.91 Å². The van der Waals surface area contributed by atoms with Gasteiger partial charge in [-0.05, 0) is 48.5 Å². The fourth-order valence-corrected chi connectivity index (χ4v) is 2.57. The average molecular weight is 388 g/mol. The van der Waals surface area contributed by atoms with Crippen molar-refractivity contribution >= 4 is 23.2 Å². The lowest BCUT2D eigenvalue weighted by atomic mass is 10.1. The Labute approximate surface area is 159 Å². The zero-order chi connectivity index (χ0) is 19.4. The third kappa shape index (κ3) is 4.51. The van der Waals surface area contributed by atoms with E-state index in [-0.39, 0.29) is 11.6 Å². The number of carbonyl (C=O) groups excluding carboxylic acids is 1. The van der Waals surface area contributed by atoms with E-state index in [0.717, 1.165) is 16.3 Å². The van der Waals surface area contributed by atoms with Gasteiger partial charge in [-0.3, -0.25) is 9.59 Å². The third-order valence-corrected chi connectivity index (χ3v) is 4.04. The summed E-state index contributed by atoms with van der Waals surface area (Å²) in [5.74, 6) is -0.372. The molecule has 1 aromatic heterocycles. The summed E-state index contributed by atoms with van der Waals surface area (Å²) in [5.41, 5.74) is 1.22. The number of amides is 1. The van der Waals surface area contributed by atoms with Crippen LogP contribution in [0.1, 0.15) is 0 Å². The van der Waals surface area contributed by atoms with E-state index in [1.54, 1.807) is 37.4 Å². The van der Waals surface area contributed by atoms with Crippen LogP contribution < -0.4 is 15.6 Å². The maximum absolute atomic E-state index is 13.2. The number of nitrogens with one attached hydrogen (secondary N) is 1. The van der Waals surface area contributed by atoms with E-state index in [4.69, 9.17) is 16.3 Å². The van der Waals surface area contributed by atoms with Gasteiger partial charge in [-0.2, -0.15) is 5.10 Å². The number of ether oxygens (including phenoxy) is 1. The molecule has 2 aromatic carbocycles. The highest BCUT2D eigenvalue weighted by Crippen LogP contribution is 2.20. The quantitative estimate of drug-likeness (QED) is 0.728. The second kappa shape index (κ2) is 8.01. The van der Waals surface area contributed by atoms with E-state index in [0.29, 0.717) is 17.1 Å². The van der Waals surface area contributed by atoms with Gasteiger partial charge in [-0.1, -0.05) is 11.6 Å². The molecule has 0 spiro atoms. The molecule has 0 aliphatic carbocycles. The molecule has 0 unspecified atom stereocenters. The topological polar surface area (TPSA) is 73.2 Å². The highest BCUT2D eigenvalue weighted by molar-refractivity contribution is 6.31. The predicted octanol–water partition coefficient (Wildman–Crippen LogP) is 3.35. The van der Waals surface area contributed by atoms with Crippen molar-refractivity contribution in [3.8, 4) is 17.0 Å². The third-order valence-electron chi connectivity index (χ3n) is 3.75. The van der Waals surface area contributed by atoms with Crippen LogP contribution in [0.3, 0.4) is 0 Å². The summed E-state index contributed by atoms with van der Waals surface area (Å²) in [4.78, 5) is 24.2. The van der Waals surface area contributed by atoms with Gasteiger partial charge >= 0.3 is 0 Å². The van der Waals surface area contributed by atoms with E-state index >= 15 is 0 Å². The first-order valence-electron chi connectivity index (χ1n) is 7.94. The molecule has 0 aliphatic rings. The Hall–Kier alpha value is -3.19. The standard InChI is InChI=1S/C19H15ClFN3O3/c1-27-14-5-2-12(3-6-14)17-8-9-19(26)24(23-17)11-18(25)22-13-4-7-16(21)15(20)10-13/h2-10H,11H2,1H3,(H,22,25). The first-order chi connectivity index (χ1) is 13.0. The molecule has 0 saturated carbocycles. The van der Waals surface area contributed by atoms with Crippen LogP contribution in [-0.2, 0) is 11.3 Å². The molecule has 6 nitrogen and oxygen atoms in total. The Morgan fingerprint density at radius 2 is 1.93 bits per heavy atom. The minimum absolute atomic E-state index is 0.107. The number of hydrogen-bond donors (Lipinski definition) is 1. The maximum atomic E-state index is 13.2. The summed E-state index contributed by atoms with van der Waals surface area (Å²) in [6.07, 6.45) is 0. The molecule has 0 fully saturated rings. The Balaban J connectivity index is 1.78. The van der Waals surface area contributed by atoms with Crippen molar-refractivity contribution in [3.05, 3.63) is 75.8 Å². The Kier molecular flexibility index (Phi) is 5.52. The molecule has 3 aromatic rings. The van der Waals surface area contributed by atoms with Crippen molar-refractivity contribution in [1.82, 2.24) is 9.78 Å². The number of anilines is 1. The number of rotatable bonds is 5. The molecule has 27 heavy (non-hydrogen) atoms. The molecule has 1 N–H and O–H groups in total. The summed E-state index contributed by atoms with van der Waals surface area (Å²) in [7, 11) is 1.57. The number of aromatic nitrogens is 2. The van der Waals surface area contributed by atoms with Gasteiger partial charge in [0.1, 0.15) is 18.1 Å². The van der Waals surface area contributed by atoms with Crippen LogP contribution in [0, 0.1) is 5.82 Å². The highest BCUT2D eigenvalue weighted by atomic mass is 35.5. The SMILES string of the molecule is COc1ccc(-c2ccc(=O)n(CC(=O)Nc3ccc(F)c(Cl)c3)n2)cc1. The van der Waals surface area contributed by atoms with Gasteiger partial charge in [0, 0.05) is 17.3 Å². The van der Waals surface area contributed by atoms with Gasteiger partial charge in [0.25, 0.3) is 5.56 Å². The van der Waals surface area contributed by atoms with Crippen LogP contribution in [0.25, 0.3) is 11.3 Å². The van der Waals surface area contributed by atoms with Crippen LogP contribution in [-0.4, -0.2) is 22.8 Å². The van der Waals surface area contributed by atoms with E-state index in [9.17, 15) is 14.0 Å². The molecule has 0 radical (unpaired) electrons. The number of carbonyl (C=O) groups is 1. The Morgan fingerprint density at radius 3 is 2.59 bits per heavy atom. The minimum Gasteiger partial charge on any atom is -0.497 e. The summed E-state index contributed by atoms with van der Waals surface area (Å²) in [6.45, 7) is -0.294. The molecule has 138 valence electrons. The Morgan fingerprint density at radius 1 is 1.19 bits per heavy atom. The van der Waals surface area contributed by atoms with E-state index in [1.165, 1.54) is 18.2 Å². The lowest BCUT2D eigenvalue weighted by Gasteiger charge is -2.09. The minimum atomic E-state index is -0.584. The van der Waals surface area contributed by atoms with Gasteiger partial charge in [0.15, 0.2) is 0 Å². The highest BCUT2D eigenvalue weighted by Gasteiger charge is 2.10. The lowest BCUT2D eigenvalue weighted by Crippen LogP contribution is -2.29. The second-order valence-electron chi connectivity index (χ2n) is 5.62. The Bertz CT molecular complexity index is 1040. The fraction of sp³-hybridized carbons (Fsp3) is 0.105. The summed E-state index contributed by atoms with van der Waals surface area (Å²) in [5, 5.41) is 6.67. The van der Waals surface area contributed by atoms with Gasteiger partial charge < -0.3 is 10.1 Å². The summed E-state index contributed by atoms with van der Waals surface area (Å²) >= 11 is 5.69. The zero-order valence-electron chi connectivity index (χ0n) is 14.3. The van der Waals surface area contributed by atoms with Gasteiger partial charge in [-0.25, -0.2) is 9.07 Å². The number of nitrogens with zero attached hydrogens (tertiary/aromatic N) is 2. The molecular weight excluding hydrogens is 373 g/mol. The number of hydrogen-bond acceptors (Lipinski definition) is 4.